The van der Waals surface area contributed by atoms with Gasteiger partial charge in [0.2, 0.25) is 0 Å². The van der Waals surface area contributed by atoms with Crippen molar-refractivity contribution in [3.05, 3.63) is 45.3 Å². The Morgan fingerprint density at radius 1 is 1.52 bits per heavy atom. The van der Waals surface area contributed by atoms with Gasteiger partial charge in [-0.05, 0) is 38.4 Å². The summed E-state index contributed by atoms with van der Waals surface area (Å²) in [6, 6.07) is 6.24. The second kappa shape index (κ2) is 6.67. The second-order valence-electron chi connectivity index (χ2n) is 5.39. The van der Waals surface area contributed by atoms with Crippen LogP contribution in [0.3, 0.4) is 0 Å². The van der Waals surface area contributed by atoms with Crippen molar-refractivity contribution in [2.75, 3.05) is 6.54 Å². The van der Waals surface area contributed by atoms with Crippen molar-refractivity contribution in [3.63, 3.8) is 0 Å². The maximum absolute atomic E-state index is 11.8. The minimum absolute atomic E-state index is 0.285. The number of azide groups is 1. The fourth-order valence-electron chi connectivity index (χ4n) is 1.56. The van der Waals surface area contributed by atoms with E-state index >= 15 is 0 Å². The third-order valence-corrected chi connectivity index (χ3v) is 2.61. The molecule has 114 valence electrons. The molecule has 0 aliphatic rings. The predicted octanol–water partition coefficient (Wildman–Crippen LogP) is 3.32. The summed E-state index contributed by atoms with van der Waals surface area (Å²) in [6.07, 6.45) is -0.835. The number of carbonyl (C=O) groups is 1. The van der Waals surface area contributed by atoms with Crippen molar-refractivity contribution in [1.82, 2.24) is 5.32 Å². The van der Waals surface area contributed by atoms with Gasteiger partial charge in [0.15, 0.2) is 5.72 Å². The molecule has 1 rings (SSSR count). The molecule has 0 fully saturated rings. The summed E-state index contributed by atoms with van der Waals surface area (Å²) in [4.78, 5) is 14.4. The van der Waals surface area contributed by atoms with Crippen molar-refractivity contribution in [3.8, 4) is 0 Å². The van der Waals surface area contributed by atoms with E-state index in [9.17, 15) is 9.90 Å². The molecule has 8 heteroatoms. The molecule has 0 bridgehead atoms. The maximum Gasteiger partial charge on any atom is 0.410 e. The van der Waals surface area contributed by atoms with Crippen molar-refractivity contribution in [2.45, 2.75) is 32.1 Å². The van der Waals surface area contributed by atoms with Gasteiger partial charge >= 0.3 is 6.09 Å². The van der Waals surface area contributed by atoms with Gasteiger partial charge in [0.05, 0.1) is 6.54 Å². The van der Waals surface area contributed by atoms with E-state index in [0.29, 0.717) is 5.02 Å². The molecule has 1 aromatic rings. The number of halogens is 1. The largest absolute Gasteiger partial charge is 0.444 e. The van der Waals surface area contributed by atoms with E-state index in [-0.39, 0.29) is 5.56 Å². The number of alkyl carbamates (subject to hydrolysis) is 1. The minimum Gasteiger partial charge on any atom is -0.444 e. The number of amides is 1. The maximum atomic E-state index is 11.8. The van der Waals surface area contributed by atoms with E-state index in [2.05, 4.69) is 15.3 Å². The van der Waals surface area contributed by atoms with Gasteiger partial charge in [-0.3, -0.25) is 5.32 Å². The van der Waals surface area contributed by atoms with Gasteiger partial charge in [0.25, 0.3) is 0 Å². The van der Waals surface area contributed by atoms with Crippen LogP contribution in [0.5, 0.6) is 0 Å². The number of nitrogens with one attached hydrogen (secondary N) is 1. The highest BCUT2D eigenvalue weighted by molar-refractivity contribution is 6.30. The zero-order valence-electron chi connectivity index (χ0n) is 12.0. The van der Waals surface area contributed by atoms with Crippen LogP contribution in [0.2, 0.25) is 5.02 Å². The SMILES string of the molecule is CC(C)(C)OC(=O)N[C@@](O)(CN=[N+]=[N-])c1cccc(Cl)c1. The Kier molecular flexibility index (Phi) is 5.43. The van der Waals surface area contributed by atoms with Gasteiger partial charge in [-0.15, -0.1) is 0 Å². The van der Waals surface area contributed by atoms with Crippen LogP contribution >= 0.6 is 11.6 Å². The standard InChI is InChI=1S/C13H17ClN4O3/c1-12(2,3)21-11(19)17-13(20,8-16-18-15)9-5-4-6-10(14)7-9/h4-7,20H,8H2,1-3H3,(H,17,19)/t13-/m1/s1. The van der Waals surface area contributed by atoms with Crippen LogP contribution in [0.15, 0.2) is 29.4 Å². The lowest BCUT2D eigenvalue weighted by Gasteiger charge is -2.30. The van der Waals surface area contributed by atoms with Crippen molar-refractivity contribution in [1.29, 1.82) is 0 Å². The molecular weight excluding hydrogens is 296 g/mol. The number of aliphatic hydroxyl groups is 1. The Labute approximate surface area is 127 Å². The topological polar surface area (TPSA) is 107 Å². The van der Waals surface area contributed by atoms with Crippen molar-refractivity contribution in [2.24, 2.45) is 5.11 Å². The lowest BCUT2D eigenvalue weighted by Crippen LogP contribution is -2.49. The fraction of sp³-hybridized carbons (Fsp3) is 0.462. The van der Waals surface area contributed by atoms with Crippen LogP contribution in [0.25, 0.3) is 10.4 Å². The Hall–Kier alpha value is -1.95. The molecule has 0 aliphatic heterocycles. The summed E-state index contributed by atoms with van der Waals surface area (Å²) in [6.45, 7) is 4.68. The number of hydrogen-bond acceptors (Lipinski definition) is 4. The number of carbonyl (C=O) groups excluding carboxylic acids is 1. The monoisotopic (exact) mass is 312 g/mol. The van der Waals surface area contributed by atoms with Crippen molar-refractivity contribution >= 4 is 17.7 Å². The molecule has 1 amide bonds. The van der Waals surface area contributed by atoms with Gasteiger partial charge < -0.3 is 9.84 Å². The van der Waals surface area contributed by atoms with Crippen LogP contribution in [0.4, 0.5) is 4.79 Å². The normalized spacial score (nSPS) is 13.8. The molecule has 0 saturated heterocycles. The molecule has 1 aromatic carbocycles. The number of hydrogen-bond donors (Lipinski definition) is 2. The quantitative estimate of drug-likeness (QED) is 0.385. The van der Waals surface area contributed by atoms with E-state index in [1.165, 1.54) is 6.07 Å². The minimum atomic E-state index is -1.90. The van der Waals surface area contributed by atoms with E-state index in [0.717, 1.165) is 0 Å². The molecular formula is C13H17ClN4O3. The lowest BCUT2D eigenvalue weighted by molar-refractivity contribution is -0.0116. The summed E-state index contributed by atoms with van der Waals surface area (Å²) in [7, 11) is 0. The van der Waals surface area contributed by atoms with Crippen LogP contribution in [0.1, 0.15) is 26.3 Å². The van der Waals surface area contributed by atoms with Crippen LogP contribution in [-0.2, 0) is 10.5 Å². The summed E-state index contributed by atoms with van der Waals surface area (Å²) in [5.74, 6) is 0. The molecule has 0 aromatic heterocycles. The molecule has 0 heterocycles. The van der Waals surface area contributed by atoms with Gasteiger partial charge in [0, 0.05) is 15.5 Å². The Morgan fingerprint density at radius 2 is 2.19 bits per heavy atom. The van der Waals surface area contributed by atoms with Crippen LogP contribution in [0, 0.1) is 0 Å². The third-order valence-electron chi connectivity index (χ3n) is 2.37. The molecule has 0 radical (unpaired) electrons. The van der Waals surface area contributed by atoms with Crippen molar-refractivity contribution < 1.29 is 14.6 Å². The third kappa shape index (κ3) is 5.51. The van der Waals surface area contributed by atoms with Crippen LogP contribution in [-0.4, -0.2) is 23.3 Å². The van der Waals surface area contributed by atoms with E-state index in [1.807, 2.05) is 0 Å². The summed E-state index contributed by atoms with van der Waals surface area (Å²) in [5.41, 5.74) is 6.09. The molecule has 0 unspecified atom stereocenters. The number of rotatable bonds is 4. The lowest BCUT2D eigenvalue weighted by atomic mass is 10.0. The highest BCUT2D eigenvalue weighted by Crippen LogP contribution is 2.23. The Morgan fingerprint density at radius 3 is 2.71 bits per heavy atom. The first kappa shape index (κ1) is 17.1. The van der Waals surface area contributed by atoms with E-state index in [4.69, 9.17) is 21.9 Å². The predicted molar refractivity (Wildman–Crippen MR) is 78.7 cm³/mol. The molecule has 21 heavy (non-hydrogen) atoms. The summed E-state index contributed by atoms with van der Waals surface area (Å²) in [5, 5.41) is 16.6. The zero-order valence-corrected chi connectivity index (χ0v) is 12.8. The van der Waals surface area contributed by atoms with Gasteiger partial charge in [-0.1, -0.05) is 28.8 Å². The van der Waals surface area contributed by atoms with Gasteiger partial charge in [0.1, 0.15) is 5.60 Å². The van der Waals surface area contributed by atoms with Crippen LogP contribution < -0.4 is 5.32 Å². The summed E-state index contributed by atoms with van der Waals surface area (Å²) >= 11 is 5.87. The number of nitrogens with zero attached hydrogens (tertiary/aromatic N) is 3. The fourth-order valence-corrected chi connectivity index (χ4v) is 1.75. The highest BCUT2D eigenvalue weighted by atomic mass is 35.5. The van der Waals surface area contributed by atoms with Gasteiger partial charge in [-0.25, -0.2) is 4.79 Å². The first-order valence-corrected chi connectivity index (χ1v) is 6.54. The molecule has 0 aliphatic carbocycles. The summed E-state index contributed by atoms with van der Waals surface area (Å²) < 4.78 is 5.09. The van der Waals surface area contributed by atoms with E-state index in [1.54, 1.807) is 39.0 Å². The average Bonchev–Trinajstić information content (AvgIpc) is 2.34. The number of ether oxygens (including phenoxy) is 1. The number of benzene rings is 1. The molecule has 2 N–H and O–H groups in total. The average molecular weight is 313 g/mol. The first-order valence-electron chi connectivity index (χ1n) is 6.17. The molecule has 1 atom stereocenters. The van der Waals surface area contributed by atoms with Gasteiger partial charge in [-0.2, -0.15) is 0 Å². The van der Waals surface area contributed by atoms with E-state index < -0.39 is 24.0 Å². The zero-order chi connectivity index (χ0) is 16.1. The Bertz CT molecular complexity index is 567. The molecule has 0 saturated carbocycles. The Balaban J connectivity index is 3.04. The smallest absolute Gasteiger partial charge is 0.410 e. The highest BCUT2D eigenvalue weighted by Gasteiger charge is 2.32. The second-order valence-corrected chi connectivity index (χ2v) is 5.82. The molecule has 7 nitrogen and oxygen atoms in total. The molecule has 0 spiro atoms. The first-order chi connectivity index (χ1) is 9.66.